The number of amides is 1. The Morgan fingerprint density at radius 3 is 2.13 bits per heavy atom. The Balaban J connectivity index is 1.95. The van der Waals surface area contributed by atoms with Gasteiger partial charge >= 0.3 is 12.1 Å². The van der Waals surface area contributed by atoms with Crippen molar-refractivity contribution in [1.29, 1.82) is 0 Å². The predicted octanol–water partition coefficient (Wildman–Crippen LogP) is 3.39. The van der Waals surface area contributed by atoms with Gasteiger partial charge in [-0.3, -0.25) is 4.79 Å². The molecule has 0 aliphatic carbocycles. The molecule has 1 atom stereocenters. The number of carbonyl (C=O) groups is 2. The first-order valence-corrected chi connectivity index (χ1v) is 11.3. The standard InChI is InChI=1S/C22H28N2O6S/c1-22(2,3)30-21(27)23-15-7-10-19(20(25)26)24-31(28,29)18-13-11-17(12-14-18)16-8-5-4-6-9-16/h4-6,8-9,11-14,19,24H,7,10,15H2,1-3H3,(H,23,27)(H,25,26)/t19-/m0/s1. The highest BCUT2D eigenvalue weighted by Crippen LogP contribution is 2.21. The van der Waals surface area contributed by atoms with Crippen LogP contribution in [0, 0.1) is 0 Å². The van der Waals surface area contributed by atoms with E-state index in [9.17, 15) is 23.1 Å². The van der Waals surface area contributed by atoms with Gasteiger partial charge in [-0.05, 0) is 56.9 Å². The SMILES string of the molecule is CC(C)(C)OC(=O)NCCC[C@H](NS(=O)(=O)c1ccc(-c2ccccc2)cc1)C(=O)O. The molecule has 0 fully saturated rings. The van der Waals surface area contributed by atoms with E-state index < -0.39 is 33.7 Å². The van der Waals surface area contributed by atoms with Crippen LogP contribution in [0.3, 0.4) is 0 Å². The van der Waals surface area contributed by atoms with Gasteiger partial charge in [-0.15, -0.1) is 0 Å². The minimum atomic E-state index is -4.02. The van der Waals surface area contributed by atoms with Crippen molar-refractivity contribution >= 4 is 22.1 Å². The second kappa shape index (κ2) is 10.4. The summed E-state index contributed by atoms with van der Waals surface area (Å²) in [5.74, 6) is -1.29. The number of sulfonamides is 1. The molecule has 0 aliphatic rings. The van der Waals surface area contributed by atoms with Gasteiger partial charge in [0, 0.05) is 6.54 Å². The van der Waals surface area contributed by atoms with Gasteiger partial charge in [-0.25, -0.2) is 13.2 Å². The lowest BCUT2D eigenvalue weighted by Crippen LogP contribution is -2.41. The zero-order valence-corrected chi connectivity index (χ0v) is 18.6. The normalized spacial score (nSPS) is 12.7. The Morgan fingerprint density at radius 2 is 1.58 bits per heavy atom. The Morgan fingerprint density at radius 1 is 1.00 bits per heavy atom. The van der Waals surface area contributed by atoms with Gasteiger partial charge in [0.2, 0.25) is 10.0 Å². The minimum absolute atomic E-state index is 0.00641. The molecule has 3 N–H and O–H groups in total. The van der Waals surface area contributed by atoms with E-state index in [0.717, 1.165) is 11.1 Å². The molecule has 8 nitrogen and oxygen atoms in total. The van der Waals surface area contributed by atoms with Crippen molar-refractivity contribution in [2.75, 3.05) is 6.54 Å². The number of hydrogen-bond donors (Lipinski definition) is 3. The lowest BCUT2D eigenvalue weighted by molar-refractivity contribution is -0.139. The van der Waals surface area contributed by atoms with Crippen LogP contribution in [0.25, 0.3) is 11.1 Å². The molecular formula is C22H28N2O6S. The van der Waals surface area contributed by atoms with Gasteiger partial charge in [-0.1, -0.05) is 42.5 Å². The summed E-state index contributed by atoms with van der Waals surface area (Å²) >= 11 is 0. The van der Waals surface area contributed by atoms with Crippen LogP contribution in [0.1, 0.15) is 33.6 Å². The van der Waals surface area contributed by atoms with E-state index in [4.69, 9.17) is 4.74 Å². The summed E-state index contributed by atoms with van der Waals surface area (Å²) in [5.41, 5.74) is 1.15. The van der Waals surface area contributed by atoms with E-state index in [-0.39, 0.29) is 24.3 Å². The van der Waals surface area contributed by atoms with Crippen molar-refractivity contribution in [3.05, 3.63) is 54.6 Å². The fraction of sp³-hybridized carbons (Fsp3) is 0.364. The third-order valence-corrected chi connectivity index (χ3v) is 5.69. The van der Waals surface area contributed by atoms with Crippen molar-refractivity contribution < 1.29 is 27.9 Å². The van der Waals surface area contributed by atoms with Crippen molar-refractivity contribution in [3.8, 4) is 11.1 Å². The molecule has 0 aromatic heterocycles. The Bertz CT molecular complexity index is 983. The van der Waals surface area contributed by atoms with Gasteiger partial charge in [0.1, 0.15) is 11.6 Å². The zero-order chi connectivity index (χ0) is 23.1. The summed E-state index contributed by atoms with van der Waals surface area (Å²) in [6.07, 6.45) is -0.350. The maximum absolute atomic E-state index is 12.6. The van der Waals surface area contributed by atoms with E-state index in [1.807, 2.05) is 30.3 Å². The molecule has 2 aromatic rings. The molecule has 0 saturated heterocycles. The molecule has 0 unspecified atom stereocenters. The van der Waals surface area contributed by atoms with Crippen LogP contribution < -0.4 is 10.0 Å². The van der Waals surface area contributed by atoms with Crippen molar-refractivity contribution in [3.63, 3.8) is 0 Å². The number of alkyl carbamates (subject to hydrolysis) is 1. The lowest BCUT2D eigenvalue weighted by Gasteiger charge is -2.20. The van der Waals surface area contributed by atoms with E-state index in [0.29, 0.717) is 0 Å². The summed E-state index contributed by atoms with van der Waals surface area (Å²) in [6.45, 7) is 5.35. The van der Waals surface area contributed by atoms with Gasteiger partial charge in [-0.2, -0.15) is 4.72 Å². The van der Waals surface area contributed by atoms with E-state index in [1.165, 1.54) is 12.1 Å². The fourth-order valence-electron chi connectivity index (χ4n) is 2.76. The van der Waals surface area contributed by atoms with Crippen LogP contribution in [-0.2, 0) is 19.6 Å². The molecule has 0 aliphatic heterocycles. The topological polar surface area (TPSA) is 122 Å². The Labute approximate surface area is 182 Å². The Kier molecular flexibility index (Phi) is 8.18. The zero-order valence-electron chi connectivity index (χ0n) is 17.8. The van der Waals surface area contributed by atoms with Gasteiger partial charge in [0.15, 0.2) is 0 Å². The molecular weight excluding hydrogens is 420 g/mol. The molecule has 0 spiro atoms. The molecule has 31 heavy (non-hydrogen) atoms. The molecule has 0 radical (unpaired) electrons. The summed E-state index contributed by atoms with van der Waals surface area (Å²) in [7, 11) is -4.02. The lowest BCUT2D eigenvalue weighted by atomic mass is 10.1. The van der Waals surface area contributed by atoms with Crippen molar-refractivity contribution in [2.45, 2.75) is 50.2 Å². The molecule has 0 bridgehead atoms. The van der Waals surface area contributed by atoms with Crippen LogP contribution >= 0.6 is 0 Å². The van der Waals surface area contributed by atoms with Crippen LogP contribution in [0.2, 0.25) is 0 Å². The number of hydrogen-bond acceptors (Lipinski definition) is 5. The van der Waals surface area contributed by atoms with Crippen LogP contribution in [0.5, 0.6) is 0 Å². The van der Waals surface area contributed by atoms with Gasteiger partial charge in [0.05, 0.1) is 4.90 Å². The maximum Gasteiger partial charge on any atom is 0.407 e. The van der Waals surface area contributed by atoms with Gasteiger partial charge < -0.3 is 15.2 Å². The molecule has 1 amide bonds. The molecule has 2 aromatic carbocycles. The number of ether oxygens (including phenoxy) is 1. The van der Waals surface area contributed by atoms with Crippen molar-refractivity contribution in [2.24, 2.45) is 0 Å². The average Bonchev–Trinajstić information content (AvgIpc) is 2.69. The quantitative estimate of drug-likeness (QED) is 0.506. The maximum atomic E-state index is 12.6. The van der Waals surface area contributed by atoms with Crippen molar-refractivity contribution in [1.82, 2.24) is 10.0 Å². The predicted molar refractivity (Wildman–Crippen MR) is 117 cm³/mol. The highest BCUT2D eigenvalue weighted by molar-refractivity contribution is 7.89. The highest BCUT2D eigenvalue weighted by Gasteiger charge is 2.25. The Hall–Kier alpha value is -2.91. The average molecular weight is 449 g/mol. The molecule has 0 saturated carbocycles. The smallest absolute Gasteiger partial charge is 0.407 e. The van der Waals surface area contributed by atoms with Gasteiger partial charge in [0.25, 0.3) is 0 Å². The van der Waals surface area contributed by atoms with E-state index >= 15 is 0 Å². The summed E-state index contributed by atoms with van der Waals surface area (Å²) < 4.78 is 32.6. The van der Waals surface area contributed by atoms with Crippen LogP contribution in [-0.4, -0.2) is 43.8 Å². The molecule has 168 valence electrons. The first-order chi connectivity index (χ1) is 14.5. The van der Waals surface area contributed by atoms with Crippen LogP contribution in [0.15, 0.2) is 59.5 Å². The molecule has 0 heterocycles. The summed E-state index contributed by atoms with van der Waals surface area (Å²) in [6, 6.07) is 14.4. The third-order valence-electron chi connectivity index (χ3n) is 4.21. The number of aliphatic carboxylic acids is 1. The number of carbonyl (C=O) groups excluding carboxylic acids is 1. The number of benzene rings is 2. The number of rotatable bonds is 9. The number of nitrogens with one attached hydrogen (secondary N) is 2. The fourth-order valence-corrected chi connectivity index (χ4v) is 3.98. The monoisotopic (exact) mass is 448 g/mol. The first-order valence-electron chi connectivity index (χ1n) is 9.85. The summed E-state index contributed by atoms with van der Waals surface area (Å²) in [5, 5.41) is 11.9. The largest absolute Gasteiger partial charge is 0.480 e. The van der Waals surface area contributed by atoms with E-state index in [2.05, 4.69) is 10.0 Å². The molecule has 2 rings (SSSR count). The van der Waals surface area contributed by atoms with E-state index in [1.54, 1.807) is 32.9 Å². The minimum Gasteiger partial charge on any atom is -0.480 e. The number of carboxylic acids is 1. The second-order valence-electron chi connectivity index (χ2n) is 7.97. The van der Waals surface area contributed by atoms with Crippen LogP contribution in [0.4, 0.5) is 4.79 Å². The first kappa shape index (κ1) is 24.4. The molecule has 9 heteroatoms. The highest BCUT2D eigenvalue weighted by atomic mass is 32.2. The number of carboxylic acid groups (broad SMARTS) is 1. The third kappa shape index (κ3) is 8.03. The summed E-state index contributed by atoms with van der Waals surface area (Å²) in [4.78, 5) is 23.1. The second-order valence-corrected chi connectivity index (χ2v) is 9.69.